The van der Waals surface area contributed by atoms with Crippen LogP contribution in [0.5, 0.6) is 5.75 Å². The van der Waals surface area contributed by atoms with E-state index in [0.29, 0.717) is 12.5 Å². The SMILES string of the molecule is CC(C)CNC(=O)COc1ccc(Cl)cc1[N+](=O)[O-]. The Labute approximate surface area is 115 Å². The molecular weight excluding hydrogens is 272 g/mol. The van der Waals surface area contributed by atoms with Crippen molar-refractivity contribution in [1.82, 2.24) is 5.32 Å². The quantitative estimate of drug-likeness (QED) is 0.643. The topological polar surface area (TPSA) is 81.5 Å². The van der Waals surface area contributed by atoms with Crippen LogP contribution in [-0.4, -0.2) is 24.0 Å². The molecule has 0 aromatic heterocycles. The Kier molecular flexibility index (Phi) is 5.57. The predicted octanol–water partition coefficient (Wildman–Crippen LogP) is 2.40. The van der Waals surface area contributed by atoms with Gasteiger partial charge >= 0.3 is 5.69 Å². The number of benzene rings is 1. The molecule has 0 unspecified atom stereocenters. The molecule has 0 bridgehead atoms. The third-order valence-corrected chi connectivity index (χ3v) is 2.42. The van der Waals surface area contributed by atoms with Crippen LogP contribution in [0, 0.1) is 16.0 Å². The Hall–Kier alpha value is -1.82. The summed E-state index contributed by atoms with van der Waals surface area (Å²) in [6, 6.07) is 4.02. The Morgan fingerprint density at radius 1 is 1.53 bits per heavy atom. The number of carbonyl (C=O) groups is 1. The normalized spacial score (nSPS) is 10.3. The molecule has 0 saturated heterocycles. The standard InChI is InChI=1S/C12H15ClN2O4/c1-8(2)6-14-12(16)7-19-11-4-3-9(13)5-10(11)15(17)18/h3-5,8H,6-7H2,1-2H3,(H,14,16). The number of hydrogen-bond donors (Lipinski definition) is 1. The van der Waals surface area contributed by atoms with E-state index in [2.05, 4.69) is 5.32 Å². The van der Waals surface area contributed by atoms with Gasteiger partial charge in [-0.1, -0.05) is 25.4 Å². The largest absolute Gasteiger partial charge is 0.477 e. The van der Waals surface area contributed by atoms with Gasteiger partial charge in [0, 0.05) is 17.6 Å². The fraction of sp³-hybridized carbons (Fsp3) is 0.417. The molecule has 1 aromatic rings. The van der Waals surface area contributed by atoms with Gasteiger partial charge in [-0.3, -0.25) is 14.9 Å². The number of nitro groups is 1. The average molecular weight is 287 g/mol. The minimum atomic E-state index is -0.604. The highest BCUT2D eigenvalue weighted by atomic mass is 35.5. The summed E-state index contributed by atoms with van der Waals surface area (Å²) in [6.45, 7) is 4.19. The van der Waals surface area contributed by atoms with Crippen LogP contribution in [-0.2, 0) is 4.79 Å². The van der Waals surface area contributed by atoms with Crippen LogP contribution in [0.2, 0.25) is 5.02 Å². The van der Waals surface area contributed by atoms with Gasteiger partial charge < -0.3 is 10.1 Å². The minimum absolute atomic E-state index is 0.0223. The number of rotatable bonds is 6. The summed E-state index contributed by atoms with van der Waals surface area (Å²) in [5, 5.41) is 13.7. The molecule has 19 heavy (non-hydrogen) atoms. The van der Waals surface area contributed by atoms with Crippen LogP contribution in [0.1, 0.15) is 13.8 Å². The summed E-state index contributed by atoms with van der Waals surface area (Å²) in [5.41, 5.74) is -0.260. The summed E-state index contributed by atoms with van der Waals surface area (Å²) >= 11 is 5.67. The van der Waals surface area contributed by atoms with Crippen LogP contribution in [0.3, 0.4) is 0 Å². The number of nitrogens with zero attached hydrogens (tertiary/aromatic N) is 1. The molecule has 1 aromatic carbocycles. The van der Waals surface area contributed by atoms with Crippen molar-refractivity contribution in [3.05, 3.63) is 33.3 Å². The molecule has 0 aliphatic heterocycles. The molecule has 6 nitrogen and oxygen atoms in total. The van der Waals surface area contributed by atoms with Gasteiger partial charge in [-0.25, -0.2) is 0 Å². The van der Waals surface area contributed by atoms with Crippen LogP contribution < -0.4 is 10.1 Å². The summed E-state index contributed by atoms with van der Waals surface area (Å²) in [5.74, 6) is 0.0286. The van der Waals surface area contributed by atoms with Crippen LogP contribution in [0.25, 0.3) is 0 Å². The third kappa shape index (κ3) is 5.13. The predicted molar refractivity (Wildman–Crippen MR) is 71.4 cm³/mol. The van der Waals surface area contributed by atoms with E-state index in [9.17, 15) is 14.9 Å². The first-order chi connectivity index (χ1) is 8.90. The number of nitro benzene ring substituents is 1. The Bertz CT molecular complexity index is 477. The van der Waals surface area contributed by atoms with Crippen molar-refractivity contribution in [2.24, 2.45) is 5.92 Å². The molecule has 7 heteroatoms. The highest BCUT2D eigenvalue weighted by Crippen LogP contribution is 2.29. The molecule has 0 aliphatic carbocycles. The van der Waals surface area contributed by atoms with Gasteiger partial charge in [-0.05, 0) is 18.1 Å². The number of ether oxygens (including phenoxy) is 1. The summed E-state index contributed by atoms with van der Waals surface area (Å²) in [4.78, 5) is 21.6. The van der Waals surface area contributed by atoms with Crippen LogP contribution in [0.15, 0.2) is 18.2 Å². The first kappa shape index (κ1) is 15.2. The molecule has 1 rings (SSSR count). The van der Waals surface area contributed by atoms with Gasteiger partial charge in [0.15, 0.2) is 12.4 Å². The van der Waals surface area contributed by atoms with E-state index in [0.717, 1.165) is 0 Å². The molecule has 0 radical (unpaired) electrons. The number of carbonyl (C=O) groups excluding carboxylic acids is 1. The minimum Gasteiger partial charge on any atom is -0.477 e. The van der Waals surface area contributed by atoms with Crippen molar-refractivity contribution in [2.75, 3.05) is 13.2 Å². The van der Waals surface area contributed by atoms with E-state index < -0.39 is 4.92 Å². The lowest BCUT2D eigenvalue weighted by Gasteiger charge is -2.09. The molecule has 0 heterocycles. The fourth-order valence-corrected chi connectivity index (χ4v) is 1.43. The second-order valence-corrected chi connectivity index (χ2v) is 4.79. The average Bonchev–Trinajstić information content (AvgIpc) is 2.34. The van der Waals surface area contributed by atoms with E-state index in [1.807, 2.05) is 13.8 Å². The van der Waals surface area contributed by atoms with Crippen molar-refractivity contribution >= 4 is 23.2 Å². The number of nitrogens with one attached hydrogen (secondary N) is 1. The zero-order chi connectivity index (χ0) is 14.4. The summed E-state index contributed by atoms with van der Waals surface area (Å²) in [7, 11) is 0. The van der Waals surface area contributed by atoms with Gasteiger partial charge in [0.2, 0.25) is 0 Å². The second-order valence-electron chi connectivity index (χ2n) is 4.36. The molecule has 0 fully saturated rings. The second kappa shape index (κ2) is 6.94. The summed E-state index contributed by atoms with van der Waals surface area (Å²) < 4.78 is 5.14. The van der Waals surface area contributed by atoms with Gasteiger partial charge in [0.05, 0.1) is 4.92 Å². The van der Waals surface area contributed by atoms with Crippen molar-refractivity contribution in [3.8, 4) is 5.75 Å². The number of hydrogen-bond acceptors (Lipinski definition) is 4. The molecule has 1 amide bonds. The highest BCUT2D eigenvalue weighted by molar-refractivity contribution is 6.30. The van der Waals surface area contributed by atoms with E-state index in [1.54, 1.807) is 0 Å². The monoisotopic (exact) mass is 286 g/mol. The van der Waals surface area contributed by atoms with Gasteiger partial charge in [-0.2, -0.15) is 0 Å². The molecule has 104 valence electrons. The Morgan fingerprint density at radius 3 is 2.79 bits per heavy atom. The van der Waals surface area contributed by atoms with Gasteiger partial charge in [0.1, 0.15) is 0 Å². The number of amides is 1. The molecule has 0 saturated carbocycles. The van der Waals surface area contributed by atoms with Crippen LogP contribution >= 0.6 is 11.6 Å². The lowest BCUT2D eigenvalue weighted by molar-refractivity contribution is -0.385. The lowest BCUT2D eigenvalue weighted by atomic mass is 10.2. The molecule has 0 spiro atoms. The van der Waals surface area contributed by atoms with Crippen molar-refractivity contribution in [2.45, 2.75) is 13.8 Å². The molecule has 1 N–H and O–H groups in total. The third-order valence-electron chi connectivity index (χ3n) is 2.18. The maximum absolute atomic E-state index is 11.4. The Balaban J connectivity index is 2.62. The van der Waals surface area contributed by atoms with Crippen LogP contribution in [0.4, 0.5) is 5.69 Å². The maximum Gasteiger partial charge on any atom is 0.312 e. The first-order valence-corrected chi connectivity index (χ1v) is 6.11. The van der Waals surface area contributed by atoms with E-state index in [4.69, 9.17) is 16.3 Å². The van der Waals surface area contributed by atoms with E-state index in [-0.39, 0.29) is 29.0 Å². The van der Waals surface area contributed by atoms with Gasteiger partial charge in [0.25, 0.3) is 5.91 Å². The fourth-order valence-electron chi connectivity index (χ4n) is 1.27. The summed E-state index contributed by atoms with van der Waals surface area (Å²) in [6.07, 6.45) is 0. The van der Waals surface area contributed by atoms with E-state index >= 15 is 0 Å². The van der Waals surface area contributed by atoms with Crippen molar-refractivity contribution < 1.29 is 14.5 Å². The lowest BCUT2D eigenvalue weighted by Crippen LogP contribution is -2.31. The molecule has 0 atom stereocenters. The molecule has 0 aliphatic rings. The maximum atomic E-state index is 11.4. The zero-order valence-electron chi connectivity index (χ0n) is 10.7. The molecular formula is C12H15ClN2O4. The van der Waals surface area contributed by atoms with Crippen molar-refractivity contribution in [1.29, 1.82) is 0 Å². The smallest absolute Gasteiger partial charge is 0.312 e. The van der Waals surface area contributed by atoms with Crippen molar-refractivity contribution in [3.63, 3.8) is 0 Å². The highest BCUT2D eigenvalue weighted by Gasteiger charge is 2.16. The van der Waals surface area contributed by atoms with E-state index in [1.165, 1.54) is 18.2 Å². The Morgan fingerprint density at radius 2 is 2.21 bits per heavy atom. The number of halogens is 1. The zero-order valence-corrected chi connectivity index (χ0v) is 11.4. The van der Waals surface area contributed by atoms with Gasteiger partial charge in [-0.15, -0.1) is 0 Å². The first-order valence-electron chi connectivity index (χ1n) is 5.73.